The first-order valence-electron chi connectivity index (χ1n) is 7.80. The lowest BCUT2D eigenvalue weighted by Gasteiger charge is -2.34. The summed E-state index contributed by atoms with van der Waals surface area (Å²) in [5.41, 5.74) is -0.0654. The summed E-state index contributed by atoms with van der Waals surface area (Å²) in [5.74, 6) is 0. The first-order valence-corrected chi connectivity index (χ1v) is 8.68. The number of anilines is 1. The van der Waals surface area contributed by atoms with Crippen molar-refractivity contribution in [3.63, 3.8) is 0 Å². The molecule has 0 aliphatic carbocycles. The van der Waals surface area contributed by atoms with Gasteiger partial charge >= 0.3 is 6.03 Å². The number of carbonyl (C=O) groups is 1. The van der Waals surface area contributed by atoms with Gasteiger partial charge in [-0.2, -0.15) is 0 Å². The number of rotatable bonds is 6. The summed E-state index contributed by atoms with van der Waals surface area (Å²) in [6, 6.07) is 0.0144. The molecule has 7 heteroatoms. The molecule has 0 saturated carbocycles. The third-order valence-electron chi connectivity index (χ3n) is 3.99. The van der Waals surface area contributed by atoms with Gasteiger partial charge in [-0.3, -0.25) is 0 Å². The fourth-order valence-corrected chi connectivity index (χ4v) is 3.12. The molecule has 1 aromatic rings. The zero-order valence-electron chi connectivity index (χ0n) is 13.4. The topological polar surface area (TPSA) is 68.7 Å². The number of nitrogens with one attached hydrogen (secondary N) is 1. The van der Waals surface area contributed by atoms with Crippen LogP contribution in [0.25, 0.3) is 0 Å². The monoisotopic (exact) mass is 326 g/mol. The number of thiazole rings is 1. The van der Waals surface area contributed by atoms with E-state index in [9.17, 15) is 9.90 Å². The quantitative estimate of drug-likeness (QED) is 0.782. The van der Waals surface area contributed by atoms with Crippen LogP contribution in [0, 0.1) is 5.41 Å². The maximum absolute atomic E-state index is 12.1. The summed E-state index contributed by atoms with van der Waals surface area (Å²) in [7, 11) is 0. The predicted molar refractivity (Wildman–Crippen MR) is 89.4 cm³/mol. The van der Waals surface area contributed by atoms with E-state index < -0.39 is 0 Å². The molecule has 0 aromatic carbocycles. The van der Waals surface area contributed by atoms with Gasteiger partial charge in [0, 0.05) is 50.9 Å². The van der Waals surface area contributed by atoms with Gasteiger partial charge in [-0.05, 0) is 18.3 Å². The Hall–Kier alpha value is -1.34. The number of aliphatic hydroxyl groups is 1. The molecule has 22 heavy (non-hydrogen) atoms. The van der Waals surface area contributed by atoms with Gasteiger partial charge in [0.25, 0.3) is 0 Å². The molecule has 1 aliphatic heterocycles. The van der Waals surface area contributed by atoms with E-state index in [0.29, 0.717) is 6.54 Å². The molecule has 2 rings (SSSR count). The molecule has 2 heterocycles. The van der Waals surface area contributed by atoms with Crippen LogP contribution in [0.4, 0.5) is 9.93 Å². The van der Waals surface area contributed by atoms with E-state index in [4.69, 9.17) is 0 Å². The second kappa shape index (κ2) is 7.78. The number of urea groups is 1. The Morgan fingerprint density at radius 1 is 1.41 bits per heavy atom. The van der Waals surface area contributed by atoms with E-state index in [1.807, 2.05) is 30.3 Å². The zero-order chi connectivity index (χ0) is 16.0. The van der Waals surface area contributed by atoms with Crippen molar-refractivity contribution < 1.29 is 9.90 Å². The minimum atomic E-state index is -0.0654. The Bertz CT molecular complexity index is 456. The van der Waals surface area contributed by atoms with Crippen LogP contribution < -0.4 is 10.2 Å². The molecule has 0 unspecified atom stereocenters. The number of aromatic nitrogens is 1. The van der Waals surface area contributed by atoms with Crippen LogP contribution in [-0.4, -0.2) is 60.4 Å². The summed E-state index contributed by atoms with van der Waals surface area (Å²) < 4.78 is 0. The van der Waals surface area contributed by atoms with Gasteiger partial charge < -0.3 is 20.2 Å². The molecule has 0 atom stereocenters. The normalized spacial score (nSPS) is 16.0. The number of hydrogen-bond acceptors (Lipinski definition) is 5. The summed E-state index contributed by atoms with van der Waals surface area (Å²) in [6.07, 6.45) is 3.60. The lowest BCUT2D eigenvalue weighted by Crippen LogP contribution is -2.52. The number of piperazine rings is 1. The van der Waals surface area contributed by atoms with Gasteiger partial charge in [0.15, 0.2) is 5.13 Å². The van der Waals surface area contributed by atoms with Crippen molar-refractivity contribution in [1.82, 2.24) is 15.2 Å². The standard InChI is InChI=1S/C15H26N4O2S/c1-15(2,12-20)4-3-5-16-13(21)18-7-9-19(10-8-18)14-17-6-11-22-14/h6,11,20H,3-5,7-10,12H2,1-2H3,(H,16,21). The van der Waals surface area contributed by atoms with Crippen LogP contribution in [0.15, 0.2) is 11.6 Å². The highest BCUT2D eigenvalue weighted by Gasteiger charge is 2.22. The van der Waals surface area contributed by atoms with Gasteiger partial charge in [-0.1, -0.05) is 13.8 Å². The Morgan fingerprint density at radius 3 is 2.73 bits per heavy atom. The number of hydrogen-bond donors (Lipinski definition) is 2. The van der Waals surface area contributed by atoms with Crippen LogP contribution in [0.5, 0.6) is 0 Å². The first kappa shape index (κ1) is 17.0. The molecule has 1 aliphatic rings. The van der Waals surface area contributed by atoms with Crippen LogP contribution >= 0.6 is 11.3 Å². The van der Waals surface area contributed by atoms with Crippen molar-refractivity contribution in [2.75, 3.05) is 44.2 Å². The average molecular weight is 326 g/mol. The van der Waals surface area contributed by atoms with E-state index in [-0.39, 0.29) is 18.1 Å². The Balaban J connectivity index is 1.65. The molecular weight excluding hydrogens is 300 g/mol. The van der Waals surface area contributed by atoms with Crippen molar-refractivity contribution in [3.8, 4) is 0 Å². The Labute approximate surface area is 136 Å². The van der Waals surface area contributed by atoms with Gasteiger partial charge in [-0.15, -0.1) is 11.3 Å². The second-order valence-electron chi connectivity index (χ2n) is 6.45. The van der Waals surface area contributed by atoms with E-state index in [0.717, 1.165) is 44.2 Å². The minimum absolute atomic E-state index is 0.0144. The number of carbonyl (C=O) groups excluding carboxylic acids is 1. The third-order valence-corrected chi connectivity index (χ3v) is 4.82. The highest BCUT2D eigenvalue weighted by molar-refractivity contribution is 7.13. The van der Waals surface area contributed by atoms with E-state index in [2.05, 4.69) is 15.2 Å². The first-order chi connectivity index (χ1) is 10.5. The molecule has 1 fully saturated rings. The Morgan fingerprint density at radius 2 is 2.14 bits per heavy atom. The lowest BCUT2D eigenvalue weighted by molar-refractivity contribution is 0.147. The Kier molecular flexibility index (Phi) is 6.02. The summed E-state index contributed by atoms with van der Waals surface area (Å²) >= 11 is 1.64. The fourth-order valence-electron chi connectivity index (χ4n) is 2.43. The van der Waals surface area contributed by atoms with Crippen LogP contribution in [-0.2, 0) is 0 Å². The van der Waals surface area contributed by atoms with E-state index in [1.54, 1.807) is 11.3 Å². The van der Waals surface area contributed by atoms with Crippen LogP contribution in [0.3, 0.4) is 0 Å². The largest absolute Gasteiger partial charge is 0.396 e. The molecule has 0 radical (unpaired) electrons. The second-order valence-corrected chi connectivity index (χ2v) is 7.32. The maximum Gasteiger partial charge on any atom is 0.317 e. The molecule has 6 nitrogen and oxygen atoms in total. The molecule has 1 saturated heterocycles. The molecule has 0 bridgehead atoms. The van der Waals surface area contributed by atoms with Crippen molar-refractivity contribution in [2.45, 2.75) is 26.7 Å². The number of amides is 2. The zero-order valence-corrected chi connectivity index (χ0v) is 14.2. The fraction of sp³-hybridized carbons (Fsp3) is 0.733. The van der Waals surface area contributed by atoms with E-state index in [1.165, 1.54) is 0 Å². The van der Waals surface area contributed by atoms with Crippen molar-refractivity contribution >= 4 is 22.5 Å². The van der Waals surface area contributed by atoms with E-state index >= 15 is 0 Å². The lowest BCUT2D eigenvalue weighted by atomic mass is 9.89. The van der Waals surface area contributed by atoms with Gasteiger partial charge in [0.05, 0.1) is 0 Å². The van der Waals surface area contributed by atoms with Gasteiger partial charge in [-0.25, -0.2) is 9.78 Å². The molecule has 124 valence electrons. The molecule has 0 spiro atoms. The summed E-state index contributed by atoms with van der Waals surface area (Å²) in [5, 5.41) is 15.2. The molecule has 2 amide bonds. The molecule has 2 N–H and O–H groups in total. The summed E-state index contributed by atoms with van der Waals surface area (Å²) in [4.78, 5) is 20.5. The average Bonchev–Trinajstić information content (AvgIpc) is 3.06. The smallest absolute Gasteiger partial charge is 0.317 e. The van der Waals surface area contributed by atoms with Crippen molar-refractivity contribution in [2.24, 2.45) is 5.41 Å². The number of aliphatic hydroxyl groups excluding tert-OH is 1. The van der Waals surface area contributed by atoms with Crippen LogP contribution in [0.1, 0.15) is 26.7 Å². The highest BCUT2D eigenvalue weighted by Crippen LogP contribution is 2.21. The van der Waals surface area contributed by atoms with Gasteiger partial charge in [0.2, 0.25) is 0 Å². The maximum atomic E-state index is 12.1. The highest BCUT2D eigenvalue weighted by atomic mass is 32.1. The predicted octanol–water partition coefficient (Wildman–Crippen LogP) is 1.77. The summed E-state index contributed by atoms with van der Waals surface area (Å²) in [6.45, 7) is 8.03. The van der Waals surface area contributed by atoms with Crippen molar-refractivity contribution in [3.05, 3.63) is 11.6 Å². The number of nitrogens with zero attached hydrogens (tertiary/aromatic N) is 3. The third kappa shape index (κ3) is 4.84. The molecule has 1 aromatic heterocycles. The molecular formula is C15H26N4O2S. The minimum Gasteiger partial charge on any atom is -0.396 e. The van der Waals surface area contributed by atoms with Crippen LogP contribution in [0.2, 0.25) is 0 Å². The van der Waals surface area contributed by atoms with Crippen molar-refractivity contribution in [1.29, 1.82) is 0 Å². The SMILES string of the molecule is CC(C)(CO)CCCNC(=O)N1CCN(c2nccs2)CC1. The van der Waals surface area contributed by atoms with Gasteiger partial charge in [0.1, 0.15) is 0 Å².